The van der Waals surface area contributed by atoms with Crippen LogP contribution in [0.5, 0.6) is 0 Å². The van der Waals surface area contributed by atoms with Crippen LogP contribution in [0.1, 0.15) is 25.3 Å². The van der Waals surface area contributed by atoms with Crippen LogP contribution in [0.25, 0.3) is 0 Å². The zero-order valence-corrected chi connectivity index (χ0v) is 10.2. The van der Waals surface area contributed by atoms with Crippen molar-refractivity contribution in [2.24, 2.45) is 4.99 Å². The van der Waals surface area contributed by atoms with E-state index in [0.29, 0.717) is 11.6 Å². The number of hydrogen-bond donors (Lipinski definition) is 0. The van der Waals surface area contributed by atoms with Crippen LogP contribution in [0.2, 0.25) is 0 Å². The molecule has 17 heavy (non-hydrogen) atoms. The van der Waals surface area contributed by atoms with E-state index in [0.717, 1.165) is 12.0 Å². The second-order valence-electron chi connectivity index (χ2n) is 4.75. The highest BCUT2D eigenvalue weighted by Gasteiger charge is 2.56. The molecule has 0 amide bonds. The van der Waals surface area contributed by atoms with Gasteiger partial charge in [-0.1, -0.05) is 41.9 Å². The number of esters is 1. The lowest BCUT2D eigenvalue weighted by molar-refractivity contribution is -0.170. The van der Waals surface area contributed by atoms with Crippen LogP contribution in [0.4, 0.5) is 0 Å². The number of nitrogens with zero attached hydrogens (tertiary/aromatic N) is 1. The van der Waals surface area contributed by atoms with E-state index in [1.165, 1.54) is 0 Å². The third-order valence-electron chi connectivity index (χ3n) is 3.60. The number of fused-ring (bicyclic) bond motifs is 2. The molecule has 4 heteroatoms. The summed E-state index contributed by atoms with van der Waals surface area (Å²) in [7, 11) is 0. The van der Waals surface area contributed by atoms with Crippen molar-refractivity contribution in [2.45, 2.75) is 30.9 Å². The van der Waals surface area contributed by atoms with Crippen molar-refractivity contribution in [2.75, 3.05) is 0 Å². The highest BCUT2D eigenvalue weighted by Crippen LogP contribution is 2.47. The second kappa shape index (κ2) is 3.33. The first-order valence-electron chi connectivity index (χ1n) is 5.62. The largest absolute Gasteiger partial charge is 0.450 e. The Hall–Kier alpha value is -1.35. The Labute approximate surface area is 104 Å². The molecule has 3 aliphatic heterocycles. The highest BCUT2D eigenvalue weighted by molar-refractivity contribution is 6.67. The van der Waals surface area contributed by atoms with Gasteiger partial charge in [0.15, 0.2) is 11.1 Å². The van der Waals surface area contributed by atoms with Gasteiger partial charge in [-0.05, 0) is 25.3 Å². The van der Waals surface area contributed by atoms with Crippen molar-refractivity contribution in [3.05, 3.63) is 35.9 Å². The Kier molecular flexibility index (Phi) is 2.11. The van der Waals surface area contributed by atoms with Crippen molar-refractivity contribution in [3.8, 4) is 0 Å². The molecule has 0 saturated carbocycles. The SMILES string of the molecule is CC12CCC(c3ccccc3)(N=C1Cl)C(=O)O2. The summed E-state index contributed by atoms with van der Waals surface area (Å²) in [4.78, 5) is 16.6. The number of ether oxygens (including phenoxy) is 1. The normalized spacial score (nSPS) is 35.4. The molecule has 3 aliphatic rings. The van der Waals surface area contributed by atoms with Crippen molar-refractivity contribution in [1.82, 2.24) is 0 Å². The summed E-state index contributed by atoms with van der Waals surface area (Å²) in [5.74, 6) is -0.290. The molecule has 4 rings (SSSR count). The molecule has 0 N–H and O–H groups in total. The maximum absolute atomic E-state index is 12.1. The third kappa shape index (κ3) is 1.35. The van der Waals surface area contributed by atoms with E-state index in [2.05, 4.69) is 4.99 Å². The first-order valence-corrected chi connectivity index (χ1v) is 5.99. The lowest BCUT2D eigenvalue weighted by atomic mass is 9.77. The van der Waals surface area contributed by atoms with Gasteiger partial charge in [-0.3, -0.25) is 0 Å². The van der Waals surface area contributed by atoms with Gasteiger partial charge < -0.3 is 4.74 Å². The molecule has 88 valence electrons. The van der Waals surface area contributed by atoms with Crippen LogP contribution in [0.3, 0.4) is 0 Å². The van der Waals surface area contributed by atoms with Crippen LogP contribution >= 0.6 is 11.6 Å². The summed E-state index contributed by atoms with van der Waals surface area (Å²) in [5.41, 5.74) is -0.782. The molecule has 1 fully saturated rings. The smallest absolute Gasteiger partial charge is 0.339 e. The minimum Gasteiger partial charge on any atom is -0.450 e. The molecule has 1 aromatic carbocycles. The Bertz CT molecular complexity index is 513. The van der Waals surface area contributed by atoms with E-state index >= 15 is 0 Å². The maximum atomic E-state index is 12.1. The lowest BCUT2D eigenvalue weighted by Crippen LogP contribution is -2.56. The van der Waals surface area contributed by atoms with E-state index < -0.39 is 11.1 Å². The predicted molar refractivity (Wildman–Crippen MR) is 65.1 cm³/mol. The van der Waals surface area contributed by atoms with Crippen molar-refractivity contribution < 1.29 is 9.53 Å². The zero-order chi connectivity index (χ0) is 12.1. The van der Waals surface area contributed by atoms with E-state index in [9.17, 15) is 4.79 Å². The van der Waals surface area contributed by atoms with Gasteiger partial charge >= 0.3 is 5.97 Å². The molecule has 3 heterocycles. The number of hydrogen-bond acceptors (Lipinski definition) is 3. The molecule has 1 saturated heterocycles. The Balaban J connectivity index is 2.18. The third-order valence-corrected chi connectivity index (χ3v) is 4.08. The predicted octanol–water partition coefficient (Wildman–Crippen LogP) is 2.63. The summed E-state index contributed by atoms with van der Waals surface area (Å²) in [5, 5.41) is 0.396. The number of halogens is 1. The van der Waals surface area contributed by atoms with Gasteiger partial charge in [0.05, 0.1) is 0 Å². The molecule has 2 bridgehead atoms. The first-order chi connectivity index (χ1) is 8.07. The average Bonchev–Trinajstić information content (AvgIpc) is 2.33. The lowest BCUT2D eigenvalue weighted by Gasteiger charge is -2.46. The quantitative estimate of drug-likeness (QED) is 0.718. The molecule has 0 spiro atoms. The summed E-state index contributed by atoms with van der Waals surface area (Å²) in [6.07, 6.45) is 1.37. The molecule has 0 aliphatic carbocycles. The van der Waals surface area contributed by atoms with E-state index in [1.54, 1.807) is 0 Å². The summed E-state index contributed by atoms with van der Waals surface area (Å²) < 4.78 is 5.44. The van der Waals surface area contributed by atoms with Crippen LogP contribution in [0, 0.1) is 0 Å². The summed E-state index contributed by atoms with van der Waals surface area (Å²) in [6.45, 7) is 1.81. The van der Waals surface area contributed by atoms with Crippen LogP contribution in [-0.4, -0.2) is 16.7 Å². The zero-order valence-electron chi connectivity index (χ0n) is 9.44. The van der Waals surface area contributed by atoms with Crippen LogP contribution in [-0.2, 0) is 15.1 Å². The van der Waals surface area contributed by atoms with E-state index in [1.807, 2.05) is 37.3 Å². The number of benzene rings is 1. The molecule has 3 nitrogen and oxygen atoms in total. The van der Waals surface area contributed by atoms with Gasteiger partial charge in [0.1, 0.15) is 5.17 Å². The van der Waals surface area contributed by atoms with E-state index in [-0.39, 0.29) is 5.97 Å². The molecule has 0 aromatic heterocycles. The monoisotopic (exact) mass is 249 g/mol. The van der Waals surface area contributed by atoms with Crippen LogP contribution in [0.15, 0.2) is 35.3 Å². The molecular formula is C13H12ClNO2. The van der Waals surface area contributed by atoms with Crippen molar-refractivity contribution >= 4 is 22.7 Å². The number of carbonyl (C=O) groups is 1. The molecule has 2 atom stereocenters. The van der Waals surface area contributed by atoms with Crippen molar-refractivity contribution in [3.63, 3.8) is 0 Å². The summed E-state index contributed by atoms with van der Waals surface area (Å²) >= 11 is 6.13. The fourth-order valence-electron chi connectivity index (χ4n) is 2.43. The molecule has 1 aromatic rings. The fraction of sp³-hybridized carbons (Fsp3) is 0.385. The van der Waals surface area contributed by atoms with Crippen LogP contribution < -0.4 is 0 Å². The molecule has 2 unspecified atom stereocenters. The topological polar surface area (TPSA) is 38.7 Å². The minimum absolute atomic E-state index is 0.290. The first kappa shape index (κ1) is 10.8. The molecule has 0 radical (unpaired) electrons. The standard InChI is InChI=1S/C13H12ClNO2/c1-12-7-8-13(11(16)17-12,15-10(12)14)9-5-3-2-4-6-9/h2-6H,7-8H2,1H3. The van der Waals surface area contributed by atoms with Gasteiger partial charge in [0, 0.05) is 0 Å². The van der Waals surface area contributed by atoms with Gasteiger partial charge in [0.25, 0.3) is 0 Å². The van der Waals surface area contributed by atoms with E-state index in [4.69, 9.17) is 16.3 Å². The van der Waals surface area contributed by atoms with Gasteiger partial charge in [0.2, 0.25) is 0 Å². The highest BCUT2D eigenvalue weighted by atomic mass is 35.5. The second-order valence-corrected chi connectivity index (χ2v) is 5.11. The minimum atomic E-state index is -0.921. The number of rotatable bonds is 1. The van der Waals surface area contributed by atoms with Gasteiger partial charge in [-0.15, -0.1) is 0 Å². The average molecular weight is 250 g/mol. The van der Waals surface area contributed by atoms with Crippen molar-refractivity contribution in [1.29, 1.82) is 0 Å². The van der Waals surface area contributed by atoms with Gasteiger partial charge in [-0.2, -0.15) is 0 Å². The number of aliphatic imine (C=N–C) groups is 1. The Morgan fingerprint density at radius 1 is 1.29 bits per heavy atom. The maximum Gasteiger partial charge on any atom is 0.339 e. The Morgan fingerprint density at radius 3 is 2.59 bits per heavy atom. The van der Waals surface area contributed by atoms with Gasteiger partial charge in [-0.25, -0.2) is 9.79 Å². The molecular weight excluding hydrogens is 238 g/mol. The Morgan fingerprint density at radius 2 is 2.00 bits per heavy atom. The fourth-order valence-corrected chi connectivity index (χ4v) is 2.71. The number of carbonyl (C=O) groups excluding carboxylic acids is 1. The summed E-state index contributed by atoms with van der Waals surface area (Å²) in [6, 6.07) is 9.48.